The van der Waals surface area contributed by atoms with Gasteiger partial charge in [-0.05, 0) is 57.1 Å². The number of hydrogen-bond acceptors (Lipinski definition) is 13. The summed E-state index contributed by atoms with van der Waals surface area (Å²) in [6.45, 7) is 1.76. The van der Waals surface area contributed by atoms with Gasteiger partial charge >= 0.3 is 6.03 Å². The predicted molar refractivity (Wildman–Crippen MR) is 231 cm³/mol. The molecule has 3 unspecified atom stereocenters. The third-order valence-electron chi connectivity index (χ3n) is 11.4. The van der Waals surface area contributed by atoms with Crippen LogP contribution in [-0.2, 0) is 36.8 Å². The number of likely N-dealkylation sites (tertiary alicyclic amines) is 1. The number of carbonyl (C=O) groups is 5. The lowest BCUT2D eigenvalue weighted by molar-refractivity contribution is -0.144. The van der Waals surface area contributed by atoms with Gasteiger partial charge in [0.2, 0.25) is 11.8 Å². The van der Waals surface area contributed by atoms with E-state index in [0.29, 0.717) is 36.4 Å². The zero-order valence-corrected chi connectivity index (χ0v) is 35.9. The van der Waals surface area contributed by atoms with Gasteiger partial charge in [-0.25, -0.2) is 14.6 Å². The van der Waals surface area contributed by atoms with E-state index in [1.54, 1.807) is 19.1 Å². The minimum atomic E-state index is -1.72. The van der Waals surface area contributed by atoms with Crippen molar-refractivity contribution < 1.29 is 33.9 Å². The van der Waals surface area contributed by atoms with E-state index in [-0.39, 0.29) is 68.5 Å². The van der Waals surface area contributed by atoms with E-state index in [0.717, 1.165) is 42.6 Å². The van der Waals surface area contributed by atoms with Crippen molar-refractivity contribution in [3.05, 3.63) is 59.7 Å². The van der Waals surface area contributed by atoms with Gasteiger partial charge in [-0.1, -0.05) is 68.9 Å². The second kappa shape index (κ2) is 25.7. The SMILES string of the molecule is CC(N)[C@H]1CCN(C(=O)N(C(=O)C[C@H](O)C(N)CC2CCCCC2)C(=O)[C@@H](N)CCCCN)C(C(=O)[C@H](Cc2c[nH]cn2)NC(=O)[C@@H](N)Cc2ccccc2)C1=C=O.Cl.Cl. The summed E-state index contributed by atoms with van der Waals surface area (Å²) in [5.74, 6) is -2.22. The number of rotatable bonds is 19. The maximum absolute atomic E-state index is 14.9. The summed E-state index contributed by atoms with van der Waals surface area (Å²) >= 11 is 0. The van der Waals surface area contributed by atoms with Crippen LogP contribution in [0, 0.1) is 11.8 Å². The Morgan fingerprint density at radius 1 is 0.983 bits per heavy atom. The number of aromatic nitrogens is 2. The van der Waals surface area contributed by atoms with Crippen molar-refractivity contribution in [3.8, 4) is 0 Å². The van der Waals surface area contributed by atoms with Crippen LogP contribution in [-0.4, -0.2) is 116 Å². The third kappa shape index (κ3) is 14.3. The molecule has 2 aromatic rings. The summed E-state index contributed by atoms with van der Waals surface area (Å²) in [6, 6.07) is 0.830. The summed E-state index contributed by atoms with van der Waals surface area (Å²) in [5, 5.41) is 13.9. The van der Waals surface area contributed by atoms with E-state index in [9.17, 15) is 33.9 Å². The Kier molecular flexibility index (Phi) is 22.3. The first kappa shape index (κ1) is 52.1. The zero-order valence-electron chi connectivity index (χ0n) is 34.3. The summed E-state index contributed by atoms with van der Waals surface area (Å²) < 4.78 is 0. The number of benzene rings is 1. The Balaban J connectivity index is 0.00000620. The minimum absolute atomic E-state index is 0. The van der Waals surface area contributed by atoms with E-state index in [4.69, 9.17) is 28.7 Å². The number of unbranched alkanes of at least 4 members (excludes halogenated alkanes) is 1. The first-order chi connectivity index (χ1) is 27.8. The number of carbonyl (C=O) groups excluding carboxylic acids is 6. The molecule has 13 N–H and O–H groups in total. The molecule has 19 heteroatoms. The Hall–Kier alpha value is -4.03. The Labute approximate surface area is 364 Å². The molecule has 0 spiro atoms. The summed E-state index contributed by atoms with van der Waals surface area (Å²) in [4.78, 5) is 92.7. The highest BCUT2D eigenvalue weighted by Gasteiger charge is 2.48. The molecule has 1 aliphatic heterocycles. The van der Waals surface area contributed by atoms with Gasteiger partial charge in [-0.15, -0.1) is 24.8 Å². The number of Topliss-reactive ketones (excluding diaryl/α,β-unsaturated/α-hetero) is 1. The van der Waals surface area contributed by atoms with Crippen LogP contribution < -0.4 is 34.0 Å². The third-order valence-corrected chi connectivity index (χ3v) is 11.4. The monoisotopic (exact) mass is 878 g/mol. The number of nitrogens with two attached hydrogens (primary N) is 5. The molecule has 17 nitrogen and oxygen atoms in total. The predicted octanol–water partition coefficient (Wildman–Crippen LogP) is 1.20. The van der Waals surface area contributed by atoms with Gasteiger partial charge in [0.15, 0.2) is 5.78 Å². The molecule has 334 valence electrons. The van der Waals surface area contributed by atoms with Crippen LogP contribution in [0.25, 0.3) is 0 Å². The first-order valence-electron chi connectivity index (χ1n) is 20.5. The van der Waals surface area contributed by atoms with E-state index in [2.05, 4.69) is 15.3 Å². The first-order valence-corrected chi connectivity index (χ1v) is 20.5. The van der Waals surface area contributed by atoms with Crippen molar-refractivity contribution in [3.63, 3.8) is 0 Å². The van der Waals surface area contributed by atoms with Crippen molar-refractivity contribution in [2.45, 2.75) is 133 Å². The molecule has 2 fully saturated rings. The van der Waals surface area contributed by atoms with Gasteiger partial charge < -0.3 is 49.0 Å². The highest BCUT2D eigenvalue weighted by atomic mass is 35.5. The number of amides is 5. The number of ketones is 1. The highest BCUT2D eigenvalue weighted by Crippen LogP contribution is 2.32. The molecule has 0 bridgehead atoms. The van der Waals surface area contributed by atoms with Crippen molar-refractivity contribution >= 4 is 60.3 Å². The lowest BCUT2D eigenvalue weighted by Gasteiger charge is -2.43. The van der Waals surface area contributed by atoms with Gasteiger partial charge in [-0.2, -0.15) is 4.90 Å². The number of hydrogen-bond donors (Lipinski definition) is 8. The van der Waals surface area contributed by atoms with Crippen molar-refractivity contribution in [2.24, 2.45) is 40.5 Å². The second-order valence-electron chi connectivity index (χ2n) is 15.8. The smallest absolute Gasteiger partial charge is 0.334 e. The van der Waals surface area contributed by atoms with Crippen molar-refractivity contribution in [1.82, 2.24) is 25.1 Å². The molecule has 2 heterocycles. The molecule has 0 radical (unpaired) electrons. The standard InChI is InChI=1S/C41H62N10O7.2ClH/c1-25(43)29-15-17-50(41(58)51(40(57)31(44)14-8-9-16-42)36(54)21-35(53)32(45)18-26-10-4-2-5-11-26)37(30(29)23-52)38(55)34(20-28-22-47-24-48-28)49-39(56)33(46)19-27-12-6-3-7-13-27;;/h3,6-7,12-13,22,24-26,29,31-35,37,53H,2,4-5,8-11,14-21,42-46H2,1H3,(H,47,48)(H,49,56);2*1H/t25?,29-,31+,32?,33+,34+,35+,37?;;/m1../s1. The molecule has 1 saturated heterocycles. The van der Waals surface area contributed by atoms with Gasteiger partial charge in [0.05, 0.1) is 42.7 Å². The average molecular weight is 880 g/mol. The molecule has 1 aromatic carbocycles. The molecule has 4 rings (SSSR count). The molecule has 1 aromatic heterocycles. The van der Waals surface area contributed by atoms with E-state index >= 15 is 0 Å². The number of aliphatic hydroxyl groups is 1. The fraction of sp³-hybridized carbons (Fsp3) is 0.610. The average Bonchev–Trinajstić information content (AvgIpc) is 3.73. The van der Waals surface area contributed by atoms with Crippen LogP contribution in [0.5, 0.6) is 0 Å². The summed E-state index contributed by atoms with van der Waals surface area (Å²) in [6.07, 6.45) is 7.55. The van der Waals surface area contributed by atoms with Crippen LogP contribution in [0.4, 0.5) is 4.79 Å². The lowest BCUT2D eigenvalue weighted by atomic mass is 9.79. The number of piperidine rings is 1. The molecule has 1 aliphatic carbocycles. The van der Waals surface area contributed by atoms with Gasteiger partial charge in [0, 0.05) is 42.7 Å². The molecule has 60 heavy (non-hydrogen) atoms. The molecule has 8 atom stereocenters. The van der Waals surface area contributed by atoms with Crippen LogP contribution in [0.15, 0.2) is 48.4 Å². The topological polar surface area (TPSA) is 300 Å². The number of H-pyrrole nitrogens is 1. The fourth-order valence-corrected chi connectivity index (χ4v) is 8.03. The molecular formula is C41H64Cl2N10O7. The summed E-state index contributed by atoms with van der Waals surface area (Å²) in [7, 11) is 0. The van der Waals surface area contributed by atoms with Gasteiger partial charge in [0.25, 0.3) is 5.91 Å². The fourth-order valence-electron chi connectivity index (χ4n) is 8.03. The van der Waals surface area contributed by atoms with Gasteiger partial charge in [-0.3, -0.25) is 19.2 Å². The number of nitrogens with one attached hydrogen (secondary N) is 2. The Morgan fingerprint density at radius 2 is 1.67 bits per heavy atom. The minimum Gasteiger partial charge on any atom is -0.391 e. The normalized spacial score (nSPS) is 19.9. The lowest BCUT2D eigenvalue weighted by Crippen LogP contribution is -2.64. The second-order valence-corrected chi connectivity index (χ2v) is 15.8. The van der Waals surface area contributed by atoms with Crippen LogP contribution in [0.2, 0.25) is 0 Å². The van der Waals surface area contributed by atoms with Crippen molar-refractivity contribution in [2.75, 3.05) is 13.1 Å². The number of imide groups is 3. The van der Waals surface area contributed by atoms with Crippen LogP contribution >= 0.6 is 24.8 Å². The summed E-state index contributed by atoms with van der Waals surface area (Å²) in [5.41, 5.74) is 31.9. The maximum atomic E-state index is 14.9. The highest BCUT2D eigenvalue weighted by molar-refractivity contribution is 6.13. The number of nitrogens with zero attached hydrogens (tertiary/aromatic N) is 3. The largest absolute Gasteiger partial charge is 0.391 e. The molecular weight excluding hydrogens is 815 g/mol. The van der Waals surface area contributed by atoms with E-state index < -0.39 is 84.2 Å². The van der Waals surface area contributed by atoms with Crippen LogP contribution in [0.3, 0.4) is 0 Å². The number of imidazole rings is 1. The van der Waals surface area contributed by atoms with E-state index in [1.807, 2.05) is 24.1 Å². The Morgan fingerprint density at radius 3 is 2.27 bits per heavy atom. The van der Waals surface area contributed by atoms with Gasteiger partial charge in [0.1, 0.15) is 12.0 Å². The number of aromatic amines is 1. The zero-order chi connectivity index (χ0) is 42.4. The van der Waals surface area contributed by atoms with Crippen molar-refractivity contribution in [1.29, 1.82) is 0 Å². The van der Waals surface area contributed by atoms with E-state index in [1.165, 1.54) is 12.5 Å². The molecule has 2 aliphatic rings. The molecule has 5 amide bonds. The molecule has 1 saturated carbocycles. The number of aliphatic hydroxyl groups excluding tert-OH is 1. The quantitative estimate of drug-likeness (QED) is 0.0728. The number of halogens is 2. The Bertz CT molecular complexity index is 1720. The maximum Gasteiger partial charge on any atom is 0.334 e. The number of urea groups is 1. The van der Waals surface area contributed by atoms with Crippen LogP contribution in [0.1, 0.15) is 88.8 Å².